The van der Waals surface area contributed by atoms with Crippen LogP contribution in [0.5, 0.6) is 0 Å². The molecule has 0 amide bonds. The van der Waals surface area contributed by atoms with Gasteiger partial charge >= 0.3 is 15.6 Å². The van der Waals surface area contributed by atoms with Gasteiger partial charge in [0.25, 0.3) is 0 Å². The summed E-state index contributed by atoms with van der Waals surface area (Å²) < 4.78 is 93.0. The smallest absolute Gasteiger partial charge is 0.348 e. The molecule has 3 aliphatic rings. The molecule has 3 aliphatic heterocycles. The zero-order valence-electron chi connectivity index (χ0n) is 13.9. The zero-order valence-corrected chi connectivity index (χ0v) is 14.7. The highest BCUT2D eigenvalue weighted by Gasteiger charge is 2.62. The predicted molar refractivity (Wildman–Crippen MR) is 73.4 cm³/mol. The highest BCUT2D eigenvalue weighted by atomic mass is 32.2. The van der Waals surface area contributed by atoms with Crippen molar-refractivity contribution in [3.63, 3.8) is 0 Å². The quantitative estimate of drug-likeness (QED) is 0.524. The van der Waals surface area contributed by atoms with Crippen molar-refractivity contribution < 1.29 is 49.5 Å². The van der Waals surface area contributed by atoms with E-state index in [1.54, 1.807) is 13.8 Å². The van der Waals surface area contributed by atoms with Crippen molar-refractivity contribution in [2.75, 3.05) is 6.61 Å². The van der Waals surface area contributed by atoms with Crippen molar-refractivity contribution in [2.45, 2.75) is 75.5 Å². The van der Waals surface area contributed by atoms with Gasteiger partial charge in [0, 0.05) is 0 Å². The highest BCUT2D eigenvalue weighted by molar-refractivity contribution is 7.87. The van der Waals surface area contributed by atoms with Crippen LogP contribution >= 0.6 is 0 Å². The van der Waals surface area contributed by atoms with Crippen molar-refractivity contribution in [3.05, 3.63) is 0 Å². The Morgan fingerprint density at radius 1 is 1.00 bits per heavy atom. The fourth-order valence-electron chi connectivity index (χ4n) is 2.99. The maximum atomic E-state index is 12.7. The maximum Gasteiger partial charge on any atom is 0.523 e. The van der Waals surface area contributed by atoms with Crippen LogP contribution in [0, 0.1) is 0 Å². The number of ether oxygens (including phenoxy) is 5. The molecular weight excluding hydrogens is 373 g/mol. The van der Waals surface area contributed by atoms with Crippen molar-refractivity contribution in [1.29, 1.82) is 0 Å². The Labute approximate surface area is 142 Å². The largest absolute Gasteiger partial charge is 0.523 e. The first-order valence-corrected chi connectivity index (χ1v) is 8.94. The summed E-state index contributed by atoms with van der Waals surface area (Å²) in [6.07, 6.45) is -5.86. The molecule has 0 aromatic rings. The van der Waals surface area contributed by atoms with Gasteiger partial charge in [-0.2, -0.15) is 21.6 Å². The minimum Gasteiger partial charge on any atom is -0.348 e. The van der Waals surface area contributed by atoms with E-state index < -0.39 is 57.9 Å². The molecule has 0 saturated carbocycles. The third-order valence-corrected chi connectivity index (χ3v) is 4.99. The summed E-state index contributed by atoms with van der Waals surface area (Å²) in [6.45, 7) is 6.27. The Balaban J connectivity index is 1.86. The normalized spacial score (nSPS) is 40.4. The van der Waals surface area contributed by atoms with Gasteiger partial charge in [-0.05, 0) is 27.7 Å². The number of rotatable bonds is 3. The molecule has 0 radical (unpaired) electrons. The number of alkyl halides is 3. The summed E-state index contributed by atoms with van der Waals surface area (Å²) in [5, 5.41) is 0. The van der Waals surface area contributed by atoms with E-state index >= 15 is 0 Å². The van der Waals surface area contributed by atoms with Crippen molar-refractivity contribution in [3.8, 4) is 0 Å². The van der Waals surface area contributed by atoms with E-state index in [9.17, 15) is 21.6 Å². The lowest BCUT2D eigenvalue weighted by atomic mass is 10.1. The van der Waals surface area contributed by atoms with Crippen molar-refractivity contribution >= 4 is 10.1 Å². The lowest BCUT2D eigenvalue weighted by Gasteiger charge is -2.28. The first-order chi connectivity index (χ1) is 11.2. The van der Waals surface area contributed by atoms with E-state index in [4.69, 9.17) is 23.7 Å². The van der Waals surface area contributed by atoms with E-state index in [-0.39, 0.29) is 6.61 Å². The molecule has 3 saturated heterocycles. The topological polar surface area (TPSA) is 89.5 Å². The molecule has 0 aromatic heterocycles. The van der Waals surface area contributed by atoms with E-state index in [0.29, 0.717) is 0 Å². The summed E-state index contributed by atoms with van der Waals surface area (Å²) in [5.74, 6) is -2.14. The Bertz CT molecular complexity index is 632. The van der Waals surface area contributed by atoms with Crippen molar-refractivity contribution in [1.82, 2.24) is 0 Å². The molecule has 5 atom stereocenters. The van der Waals surface area contributed by atoms with E-state index in [0.717, 1.165) is 0 Å². The Kier molecular flexibility index (Phi) is 4.43. The molecule has 0 aliphatic carbocycles. The monoisotopic (exact) mass is 392 g/mol. The summed E-state index contributed by atoms with van der Waals surface area (Å²) in [7, 11) is -5.86. The molecule has 3 rings (SSSR count). The molecule has 12 heteroatoms. The van der Waals surface area contributed by atoms with Gasteiger partial charge in [-0.25, -0.2) is 0 Å². The lowest BCUT2D eigenvalue weighted by molar-refractivity contribution is -0.230. The molecule has 0 aromatic carbocycles. The van der Waals surface area contributed by atoms with Crippen LogP contribution in [0.4, 0.5) is 13.2 Å². The molecule has 3 fully saturated rings. The third-order valence-electron chi connectivity index (χ3n) is 3.95. The molecule has 0 spiro atoms. The number of halogens is 3. The number of fused-ring (bicyclic) bond motifs is 1. The van der Waals surface area contributed by atoms with Gasteiger partial charge in [-0.3, -0.25) is 4.18 Å². The van der Waals surface area contributed by atoms with Gasteiger partial charge in [-0.1, -0.05) is 0 Å². The Hall–Kier alpha value is -0.500. The second-order valence-electron chi connectivity index (χ2n) is 6.90. The van der Waals surface area contributed by atoms with Gasteiger partial charge in [0.1, 0.15) is 24.4 Å². The van der Waals surface area contributed by atoms with Gasteiger partial charge in [0.2, 0.25) is 0 Å². The van der Waals surface area contributed by atoms with Crippen LogP contribution in [-0.4, -0.2) is 62.8 Å². The fourth-order valence-corrected chi connectivity index (χ4v) is 3.61. The van der Waals surface area contributed by atoms with Gasteiger partial charge < -0.3 is 23.7 Å². The summed E-state index contributed by atoms with van der Waals surface area (Å²) >= 11 is 0. The van der Waals surface area contributed by atoms with E-state index in [1.807, 2.05) is 0 Å². The first-order valence-electron chi connectivity index (χ1n) is 7.53. The van der Waals surface area contributed by atoms with Crippen LogP contribution in [0.1, 0.15) is 27.7 Å². The summed E-state index contributed by atoms with van der Waals surface area (Å²) in [5.41, 5.74) is -5.57. The number of hydrogen-bond acceptors (Lipinski definition) is 8. The molecular formula is C13H19F3O8S. The van der Waals surface area contributed by atoms with Crippen LogP contribution in [0.3, 0.4) is 0 Å². The molecule has 25 heavy (non-hydrogen) atoms. The van der Waals surface area contributed by atoms with E-state index in [2.05, 4.69) is 4.18 Å². The standard InChI is InChI=1S/C13H19F3O8S/c1-11(2)19-5-6(21-11)7-8(24-25(17,18)13(14,15)16)9-10(20-7)23-12(3,4)22-9/h6-10H,5H2,1-4H3/t6-,7-,8+,9-,10?/m1/s1. The molecule has 0 bridgehead atoms. The first kappa shape index (κ1) is 19.3. The number of hydrogen-bond donors (Lipinski definition) is 0. The second kappa shape index (κ2) is 5.75. The van der Waals surface area contributed by atoms with E-state index in [1.165, 1.54) is 13.8 Å². The van der Waals surface area contributed by atoms with Crippen LogP contribution in [0.15, 0.2) is 0 Å². The molecule has 146 valence electrons. The zero-order chi connectivity index (χ0) is 18.8. The predicted octanol–water partition coefficient (Wildman–Crippen LogP) is 1.25. The molecule has 3 heterocycles. The van der Waals surface area contributed by atoms with Crippen LogP contribution in [0.25, 0.3) is 0 Å². The van der Waals surface area contributed by atoms with Gasteiger partial charge in [0.15, 0.2) is 17.9 Å². The Morgan fingerprint density at radius 2 is 1.64 bits per heavy atom. The fraction of sp³-hybridized carbons (Fsp3) is 1.00. The highest BCUT2D eigenvalue weighted by Crippen LogP contribution is 2.43. The molecule has 0 N–H and O–H groups in total. The van der Waals surface area contributed by atoms with Crippen LogP contribution in [-0.2, 0) is 38.0 Å². The van der Waals surface area contributed by atoms with Crippen molar-refractivity contribution in [2.24, 2.45) is 0 Å². The maximum absolute atomic E-state index is 12.7. The van der Waals surface area contributed by atoms with Gasteiger partial charge in [-0.15, -0.1) is 0 Å². The van der Waals surface area contributed by atoms with Crippen LogP contribution in [0.2, 0.25) is 0 Å². The van der Waals surface area contributed by atoms with Crippen LogP contribution < -0.4 is 0 Å². The van der Waals surface area contributed by atoms with Gasteiger partial charge in [0.05, 0.1) is 6.61 Å². The SMILES string of the molecule is CC1(C)OC[C@H]([C@H]2OC3OC(C)(C)O[C@@H]3[C@H]2OS(=O)(=O)C(F)(F)F)O1. The third kappa shape index (κ3) is 3.66. The lowest BCUT2D eigenvalue weighted by Crippen LogP contribution is -2.46. The Morgan fingerprint density at radius 3 is 2.16 bits per heavy atom. The second-order valence-corrected chi connectivity index (χ2v) is 8.46. The summed E-state index contributed by atoms with van der Waals surface area (Å²) in [6, 6.07) is 0. The average Bonchev–Trinajstić information content (AvgIpc) is 2.99. The minimum absolute atomic E-state index is 0.00751. The summed E-state index contributed by atoms with van der Waals surface area (Å²) in [4.78, 5) is 0. The average molecular weight is 392 g/mol. The molecule has 1 unspecified atom stereocenters. The minimum atomic E-state index is -5.86. The molecule has 8 nitrogen and oxygen atoms in total.